The van der Waals surface area contributed by atoms with Crippen molar-refractivity contribution in [3.63, 3.8) is 0 Å². The molecule has 112 valence electrons. The molecule has 0 radical (unpaired) electrons. The maximum Gasteiger partial charge on any atom is 0.224 e. The summed E-state index contributed by atoms with van der Waals surface area (Å²) < 4.78 is 13.6. The molecule has 1 amide bonds. The first-order valence-electron chi connectivity index (χ1n) is 8.25. The summed E-state index contributed by atoms with van der Waals surface area (Å²) >= 11 is 0. The monoisotopic (exact) mass is 287 g/mol. The lowest BCUT2D eigenvalue weighted by Gasteiger charge is -2.32. The number of carbonyl (C=O) groups is 1. The second kappa shape index (κ2) is 5.11. The molecule has 4 rings (SSSR count). The van der Waals surface area contributed by atoms with Crippen molar-refractivity contribution in [3.8, 4) is 0 Å². The zero-order valence-corrected chi connectivity index (χ0v) is 12.2. The number of fused-ring (bicyclic) bond motifs is 5. The van der Waals surface area contributed by atoms with Gasteiger partial charge in [-0.3, -0.25) is 4.79 Å². The van der Waals surface area contributed by atoms with Crippen molar-refractivity contribution in [2.24, 2.45) is 23.7 Å². The maximum atomic E-state index is 13.6. The SMILES string of the molecule is O=C(Cc1ccccc1F)N[C@@H]1C[C@H]2C[C@H]1[C@H]1CCC[C@@H]21. The van der Waals surface area contributed by atoms with Crippen LogP contribution < -0.4 is 5.32 Å². The Labute approximate surface area is 125 Å². The summed E-state index contributed by atoms with van der Waals surface area (Å²) in [5, 5.41) is 3.19. The van der Waals surface area contributed by atoms with Crippen LogP contribution in [0.3, 0.4) is 0 Å². The minimum absolute atomic E-state index is 0.0211. The van der Waals surface area contributed by atoms with Gasteiger partial charge in [-0.15, -0.1) is 0 Å². The Bertz CT molecular complexity index is 558. The van der Waals surface area contributed by atoms with E-state index in [1.165, 1.54) is 31.7 Å². The molecule has 1 N–H and O–H groups in total. The summed E-state index contributed by atoms with van der Waals surface area (Å²) in [6.45, 7) is 0. The van der Waals surface area contributed by atoms with E-state index in [9.17, 15) is 9.18 Å². The fourth-order valence-corrected chi connectivity index (χ4v) is 5.31. The van der Waals surface area contributed by atoms with E-state index in [1.54, 1.807) is 18.2 Å². The van der Waals surface area contributed by atoms with Crippen molar-refractivity contribution in [1.29, 1.82) is 0 Å². The van der Waals surface area contributed by atoms with Gasteiger partial charge in [-0.05, 0) is 61.0 Å². The van der Waals surface area contributed by atoms with Crippen LogP contribution in [-0.2, 0) is 11.2 Å². The lowest BCUT2D eigenvalue weighted by molar-refractivity contribution is -0.121. The highest BCUT2D eigenvalue weighted by Crippen LogP contribution is 2.58. The van der Waals surface area contributed by atoms with Crippen LogP contribution in [0, 0.1) is 29.5 Å². The van der Waals surface area contributed by atoms with Crippen LogP contribution in [0.4, 0.5) is 4.39 Å². The summed E-state index contributed by atoms with van der Waals surface area (Å²) in [7, 11) is 0. The molecule has 3 heteroatoms. The van der Waals surface area contributed by atoms with E-state index in [1.807, 2.05) is 0 Å². The smallest absolute Gasteiger partial charge is 0.224 e. The minimum Gasteiger partial charge on any atom is -0.353 e. The topological polar surface area (TPSA) is 29.1 Å². The second-order valence-corrected chi connectivity index (χ2v) is 7.10. The van der Waals surface area contributed by atoms with Crippen LogP contribution in [0.2, 0.25) is 0 Å². The first kappa shape index (κ1) is 13.3. The van der Waals surface area contributed by atoms with E-state index in [2.05, 4.69) is 5.32 Å². The number of nitrogens with one attached hydrogen (secondary N) is 1. The van der Waals surface area contributed by atoms with Crippen molar-refractivity contribution >= 4 is 5.91 Å². The number of benzene rings is 1. The van der Waals surface area contributed by atoms with E-state index in [4.69, 9.17) is 0 Å². The fraction of sp³-hybridized carbons (Fsp3) is 0.611. The standard InChI is InChI=1S/C18H22FNO/c19-16-7-2-1-4-11(16)10-18(21)20-17-9-12-8-15(17)14-6-3-5-13(12)14/h1-2,4,7,12-15,17H,3,5-6,8-10H2,(H,20,21)/t12-,13+,14+,15+,17-/m1/s1. The number of rotatable bonds is 3. The van der Waals surface area contributed by atoms with E-state index in [0.29, 0.717) is 17.5 Å². The first-order chi connectivity index (χ1) is 10.2. The number of carbonyl (C=O) groups excluding carboxylic acids is 1. The lowest BCUT2D eigenvalue weighted by atomic mass is 9.79. The molecule has 0 aromatic heterocycles. The number of hydrogen-bond donors (Lipinski definition) is 1. The third kappa shape index (κ3) is 2.27. The van der Waals surface area contributed by atoms with Crippen LogP contribution in [0.5, 0.6) is 0 Å². The molecule has 2 nitrogen and oxygen atoms in total. The van der Waals surface area contributed by atoms with Crippen molar-refractivity contribution in [2.75, 3.05) is 0 Å². The first-order valence-corrected chi connectivity index (χ1v) is 8.25. The van der Waals surface area contributed by atoms with Crippen molar-refractivity contribution in [2.45, 2.75) is 44.6 Å². The predicted octanol–water partition coefficient (Wildman–Crippen LogP) is 3.31. The van der Waals surface area contributed by atoms with Crippen LogP contribution in [0.25, 0.3) is 0 Å². The molecule has 2 bridgehead atoms. The van der Waals surface area contributed by atoms with Gasteiger partial charge in [0.25, 0.3) is 0 Å². The third-order valence-electron chi connectivity index (χ3n) is 6.08. The van der Waals surface area contributed by atoms with Crippen molar-refractivity contribution in [3.05, 3.63) is 35.6 Å². The fourth-order valence-electron chi connectivity index (χ4n) is 5.31. The molecule has 3 fully saturated rings. The zero-order chi connectivity index (χ0) is 14.4. The molecule has 3 aliphatic rings. The Balaban J connectivity index is 1.39. The van der Waals surface area contributed by atoms with Gasteiger partial charge in [-0.1, -0.05) is 24.6 Å². The van der Waals surface area contributed by atoms with Crippen LogP contribution >= 0.6 is 0 Å². The van der Waals surface area contributed by atoms with E-state index >= 15 is 0 Å². The van der Waals surface area contributed by atoms with Crippen molar-refractivity contribution < 1.29 is 9.18 Å². The lowest BCUT2D eigenvalue weighted by Crippen LogP contribution is -2.43. The highest BCUT2D eigenvalue weighted by Gasteiger charge is 2.53. The average Bonchev–Trinajstić information content (AvgIpc) is 3.13. The Kier molecular flexibility index (Phi) is 3.24. The van der Waals surface area contributed by atoms with Gasteiger partial charge >= 0.3 is 0 Å². The molecule has 0 saturated heterocycles. The molecule has 0 heterocycles. The predicted molar refractivity (Wildman–Crippen MR) is 79.1 cm³/mol. The molecule has 21 heavy (non-hydrogen) atoms. The van der Waals surface area contributed by atoms with Gasteiger partial charge in [0.1, 0.15) is 5.82 Å². The van der Waals surface area contributed by atoms with Crippen LogP contribution in [0.15, 0.2) is 24.3 Å². The molecule has 0 unspecified atom stereocenters. The summed E-state index contributed by atoms with van der Waals surface area (Å²) in [6.07, 6.45) is 6.74. The Morgan fingerprint density at radius 3 is 2.81 bits per heavy atom. The second-order valence-electron chi connectivity index (χ2n) is 7.10. The summed E-state index contributed by atoms with van der Waals surface area (Å²) in [5.74, 6) is 3.01. The number of hydrogen-bond acceptors (Lipinski definition) is 1. The molecule has 1 aromatic carbocycles. The average molecular weight is 287 g/mol. The highest BCUT2D eigenvalue weighted by molar-refractivity contribution is 5.79. The molecule has 0 aliphatic heterocycles. The summed E-state index contributed by atoms with van der Waals surface area (Å²) in [4.78, 5) is 12.2. The molecular formula is C18H22FNO. The van der Waals surface area contributed by atoms with Crippen LogP contribution in [-0.4, -0.2) is 11.9 Å². The van der Waals surface area contributed by atoms with Gasteiger partial charge < -0.3 is 5.32 Å². The van der Waals surface area contributed by atoms with E-state index < -0.39 is 0 Å². The van der Waals surface area contributed by atoms with E-state index in [0.717, 1.165) is 24.2 Å². The highest BCUT2D eigenvalue weighted by atomic mass is 19.1. The quantitative estimate of drug-likeness (QED) is 0.908. The molecule has 5 atom stereocenters. The summed E-state index contributed by atoms with van der Waals surface area (Å²) in [5.41, 5.74) is 0.497. The molecule has 3 saturated carbocycles. The molecule has 1 aromatic rings. The van der Waals surface area contributed by atoms with Gasteiger partial charge in [0.2, 0.25) is 5.91 Å². The number of halogens is 1. The van der Waals surface area contributed by atoms with Gasteiger partial charge in [0.15, 0.2) is 0 Å². The molecular weight excluding hydrogens is 265 g/mol. The Morgan fingerprint density at radius 2 is 1.95 bits per heavy atom. The minimum atomic E-state index is -0.281. The maximum absolute atomic E-state index is 13.6. The summed E-state index contributed by atoms with van der Waals surface area (Å²) in [6, 6.07) is 6.90. The normalized spacial score (nSPS) is 36.7. The Hall–Kier alpha value is -1.38. The third-order valence-corrected chi connectivity index (χ3v) is 6.08. The van der Waals surface area contributed by atoms with Gasteiger partial charge in [-0.25, -0.2) is 4.39 Å². The van der Waals surface area contributed by atoms with Gasteiger partial charge in [0, 0.05) is 6.04 Å². The Morgan fingerprint density at radius 1 is 1.14 bits per heavy atom. The zero-order valence-electron chi connectivity index (χ0n) is 12.2. The van der Waals surface area contributed by atoms with Gasteiger partial charge in [0.05, 0.1) is 6.42 Å². The van der Waals surface area contributed by atoms with E-state index in [-0.39, 0.29) is 18.1 Å². The number of amides is 1. The largest absolute Gasteiger partial charge is 0.353 e. The van der Waals surface area contributed by atoms with Crippen molar-refractivity contribution in [1.82, 2.24) is 5.32 Å². The van der Waals surface area contributed by atoms with Gasteiger partial charge in [-0.2, -0.15) is 0 Å². The van der Waals surface area contributed by atoms with Crippen LogP contribution in [0.1, 0.15) is 37.7 Å². The molecule has 3 aliphatic carbocycles. The molecule has 0 spiro atoms.